The second-order valence-corrected chi connectivity index (χ2v) is 6.38. The summed E-state index contributed by atoms with van der Waals surface area (Å²) in [7, 11) is 0. The maximum atomic E-state index is 13.1. The summed E-state index contributed by atoms with van der Waals surface area (Å²) in [5, 5.41) is 2.80. The number of rotatable bonds is 7. The molecule has 0 saturated carbocycles. The minimum Gasteiger partial charge on any atom is -0.457 e. The van der Waals surface area contributed by atoms with Crippen molar-refractivity contribution in [1.82, 2.24) is 0 Å². The summed E-state index contributed by atoms with van der Waals surface area (Å²) >= 11 is 0. The highest BCUT2D eigenvalue weighted by molar-refractivity contribution is 5.94. The predicted molar refractivity (Wildman–Crippen MR) is 111 cm³/mol. The molecule has 0 aliphatic rings. The second-order valence-electron chi connectivity index (χ2n) is 6.38. The van der Waals surface area contributed by atoms with Crippen LogP contribution < -0.4 is 15.0 Å². The number of nitrogens with zero attached hydrogens (tertiary/aromatic N) is 1. The van der Waals surface area contributed by atoms with Crippen LogP contribution in [0.4, 0.5) is 15.8 Å². The van der Waals surface area contributed by atoms with E-state index in [2.05, 4.69) is 5.32 Å². The average molecular weight is 392 g/mol. The number of carbonyl (C=O) groups is 2. The fourth-order valence-electron chi connectivity index (χ4n) is 2.76. The van der Waals surface area contributed by atoms with Gasteiger partial charge in [0, 0.05) is 31.3 Å². The van der Waals surface area contributed by atoms with E-state index < -0.39 is 0 Å². The molecule has 3 aromatic carbocycles. The Balaban J connectivity index is 1.54. The number of hydrogen-bond donors (Lipinski definition) is 1. The van der Waals surface area contributed by atoms with Crippen molar-refractivity contribution >= 4 is 23.2 Å². The van der Waals surface area contributed by atoms with Crippen LogP contribution in [0.5, 0.6) is 11.5 Å². The Morgan fingerprint density at radius 2 is 1.52 bits per heavy atom. The van der Waals surface area contributed by atoms with Crippen LogP contribution in [-0.2, 0) is 9.59 Å². The van der Waals surface area contributed by atoms with E-state index in [0.717, 1.165) is 5.75 Å². The van der Waals surface area contributed by atoms with Gasteiger partial charge in [-0.1, -0.05) is 18.2 Å². The fourth-order valence-corrected chi connectivity index (χ4v) is 2.76. The summed E-state index contributed by atoms with van der Waals surface area (Å²) in [5.41, 5.74) is 1.18. The lowest BCUT2D eigenvalue weighted by Gasteiger charge is -2.21. The highest BCUT2D eigenvalue weighted by Gasteiger charge is 2.13. The SMILES string of the molecule is CC(=O)N(CCC(=O)Nc1ccc(Oc2ccccc2)cc1)c1ccc(F)cc1. The Bertz CT molecular complexity index is 958. The second kappa shape index (κ2) is 9.50. The first-order valence-electron chi connectivity index (χ1n) is 9.18. The lowest BCUT2D eigenvalue weighted by atomic mass is 10.2. The molecule has 0 unspecified atom stereocenters. The first-order valence-corrected chi connectivity index (χ1v) is 9.18. The van der Waals surface area contributed by atoms with E-state index in [1.165, 1.54) is 36.1 Å². The third kappa shape index (κ3) is 5.90. The van der Waals surface area contributed by atoms with Gasteiger partial charge in [-0.15, -0.1) is 0 Å². The number of nitrogens with one attached hydrogen (secondary N) is 1. The maximum absolute atomic E-state index is 13.1. The number of amides is 2. The molecule has 3 aromatic rings. The van der Waals surface area contributed by atoms with Gasteiger partial charge in [0.1, 0.15) is 17.3 Å². The van der Waals surface area contributed by atoms with E-state index in [1.54, 1.807) is 24.3 Å². The first kappa shape index (κ1) is 20.1. The topological polar surface area (TPSA) is 58.6 Å². The molecular weight excluding hydrogens is 371 g/mol. The highest BCUT2D eigenvalue weighted by atomic mass is 19.1. The molecule has 0 fully saturated rings. The number of hydrogen-bond acceptors (Lipinski definition) is 3. The Labute approximate surface area is 168 Å². The molecule has 1 N–H and O–H groups in total. The van der Waals surface area contributed by atoms with Crippen molar-refractivity contribution in [2.45, 2.75) is 13.3 Å². The summed E-state index contributed by atoms with van der Waals surface area (Å²) < 4.78 is 18.8. The van der Waals surface area contributed by atoms with E-state index in [1.807, 2.05) is 30.3 Å². The lowest BCUT2D eigenvalue weighted by Crippen LogP contribution is -2.31. The van der Waals surface area contributed by atoms with Gasteiger partial charge in [0.15, 0.2) is 0 Å². The molecular formula is C23H21FN2O3. The van der Waals surface area contributed by atoms with Crippen LogP contribution in [0.2, 0.25) is 0 Å². The molecule has 0 radical (unpaired) electrons. The van der Waals surface area contributed by atoms with E-state index in [-0.39, 0.29) is 30.6 Å². The van der Waals surface area contributed by atoms with Crippen molar-refractivity contribution in [3.63, 3.8) is 0 Å². The van der Waals surface area contributed by atoms with Crippen molar-refractivity contribution in [3.05, 3.63) is 84.7 Å². The molecule has 29 heavy (non-hydrogen) atoms. The molecule has 0 aliphatic carbocycles. The van der Waals surface area contributed by atoms with Gasteiger partial charge in [0.05, 0.1) is 0 Å². The molecule has 0 bridgehead atoms. The van der Waals surface area contributed by atoms with E-state index in [0.29, 0.717) is 17.1 Å². The third-order valence-electron chi connectivity index (χ3n) is 4.20. The normalized spacial score (nSPS) is 10.3. The number of benzene rings is 3. The Morgan fingerprint density at radius 1 is 0.897 bits per heavy atom. The van der Waals surface area contributed by atoms with E-state index in [9.17, 15) is 14.0 Å². The smallest absolute Gasteiger partial charge is 0.226 e. The van der Waals surface area contributed by atoms with Crippen molar-refractivity contribution in [1.29, 1.82) is 0 Å². The van der Waals surface area contributed by atoms with Crippen molar-refractivity contribution in [3.8, 4) is 11.5 Å². The van der Waals surface area contributed by atoms with Gasteiger partial charge < -0.3 is 15.0 Å². The highest BCUT2D eigenvalue weighted by Crippen LogP contribution is 2.23. The van der Waals surface area contributed by atoms with E-state index in [4.69, 9.17) is 4.74 Å². The summed E-state index contributed by atoms with van der Waals surface area (Å²) in [5.74, 6) is 0.569. The number of para-hydroxylation sites is 1. The van der Waals surface area contributed by atoms with Crippen LogP contribution in [0.15, 0.2) is 78.9 Å². The first-order chi connectivity index (χ1) is 14.0. The molecule has 3 rings (SSSR count). The van der Waals surface area contributed by atoms with Gasteiger partial charge in [-0.05, 0) is 60.7 Å². The largest absolute Gasteiger partial charge is 0.457 e. The van der Waals surface area contributed by atoms with Crippen molar-refractivity contribution in [2.24, 2.45) is 0 Å². The number of carbonyl (C=O) groups excluding carboxylic acids is 2. The van der Waals surface area contributed by atoms with Crippen molar-refractivity contribution < 1.29 is 18.7 Å². The number of ether oxygens (including phenoxy) is 1. The van der Waals surface area contributed by atoms with Gasteiger partial charge in [0.2, 0.25) is 11.8 Å². The van der Waals surface area contributed by atoms with E-state index >= 15 is 0 Å². The van der Waals surface area contributed by atoms with Gasteiger partial charge in [-0.3, -0.25) is 9.59 Å². The molecule has 0 aliphatic heterocycles. The van der Waals surface area contributed by atoms with Crippen LogP contribution >= 0.6 is 0 Å². The van der Waals surface area contributed by atoms with Gasteiger partial charge in [-0.25, -0.2) is 4.39 Å². The predicted octanol–water partition coefficient (Wildman–Crippen LogP) is 5.00. The molecule has 5 nitrogen and oxygen atoms in total. The summed E-state index contributed by atoms with van der Waals surface area (Å²) in [6.07, 6.45) is 0.110. The summed E-state index contributed by atoms with van der Waals surface area (Å²) in [6.45, 7) is 1.61. The minimum absolute atomic E-state index is 0.110. The van der Waals surface area contributed by atoms with Gasteiger partial charge in [0.25, 0.3) is 0 Å². The van der Waals surface area contributed by atoms with Crippen molar-refractivity contribution in [2.75, 3.05) is 16.8 Å². The minimum atomic E-state index is -0.380. The fraction of sp³-hybridized carbons (Fsp3) is 0.130. The Hall–Kier alpha value is -3.67. The van der Waals surface area contributed by atoms with Crippen LogP contribution in [-0.4, -0.2) is 18.4 Å². The molecule has 0 atom stereocenters. The summed E-state index contributed by atoms with van der Waals surface area (Å²) in [6, 6.07) is 22.0. The Kier molecular flexibility index (Phi) is 6.58. The van der Waals surface area contributed by atoms with Crippen LogP contribution in [0.1, 0.15) is 13.3 Å². The molecule has 0 spiro atoms. The zero-order valence-electron chi connectivity index (χ0n) is 16.0. The number of halogens is 1. The molecule has 148 valence electrons. The molecule has 0 heterocycles. The van der Waals surface area contributed by atoms with Gasteiger partial charge >= 0.3 is 0 Å². The monoisotopic (exact) mass is 392 g/mol. The third-order valence-corrected chi connectivity index (χ3v) is 4.20. The lowest BCUT2D eigenvalue weighted by molar-refractivity contribution is -0.117. The standard InChI is InChI=1S/C23H21FN2O3/c1-17(27)26(20-11-7-18(24)8-12-20)16-15-23(28)25-19-9-13-22(14-10-19)29-21-5-3-2-4-6-21/h2-14H,15-16H2,1H3,(H,25,28). The number of anilines is 2. The van der Waals surface area contributed by atoms with Crippen LogP contribution in [0.3, 0.4) is 0 Å². The van der Waals surface area contributed by atoms with Gasteiger partial charge in [-0.2, -0.15) is 0 Å². The molecule has 0 aromatic heterocycles. The maximum Gasteiger partial charge on any atom is 0.226 e. The quantitative estimate of drug-likeness (QED) is 0.616. The zero-order chi connectivity index (χ0) is 20.6. The molecule has 0 saturated heterocycles. The van der Waals surface area contributed by atoms with Crippen LogP contribution in [0, 0.1) is 5.82 Å². The Morgan fingerprint density at radius 3 is 2.14 bits per heavy atom. The summed E-state index contributed by atoms with van der Waals surface area (Å²) in [4.78, 5) is 25.6. The van der Waals surface area contributed by atoms with Crippen LogP contribution in [0.25, 0.3) is 0 Å². The average Bonchev–Trinajstić information content (AvgIpc) is 2.71. The molecule has 6 heteroatoms. The molecule has 2 amide bonds. The zero-order valence-corrected chi connectivity index (χ0v) is 16.0.